The van der Waals surface area contributed by atoms with E-state index in [1.54, 1.807) is 18.5 Å². The van der Waals surface area contributed by atoms with E-state index >= 15 is 0 Å². The first-order valence-electron chi connectivity index (χ1n) is 8.90. The Morgan fingerprint density at radius 1 is 1.33 bits per heavy atom. The molecule has 1 aliphatic rings. The number of nitrogens with zero attached hydrogens (tertiary/aromatic N) is 2. The van der Waals surface area contributed by atoms with Crippen molar-refractivity contribution in [1.29, 1.82) is 0 Å². The Morgan fingerprint density at radius 2 is 2.19 bits per heavy atom. The Bertz CT molecular complexity index is 923. The molecule has 0 bridgehead atoms. The van der Waals surface area contributed by atoms with Crippen molar-refractivity contribution < 1.29 is 14.0 Å². The highest BCUT2D eigenvalue weighted by molar-refractivity contribution is 7.10. The molecule has 1 aliphatic heterocycles. The Labute approximate surface area is 160 Å². The van der Waals surface area contributed by atoms with Crippen molar-refractivity contribution in [3.05, 3.63) is 52.5 Å². The number of H-pyrrole nitrogens is 1. The van der Waals surface area contributed by atoms with E-state index in [2.05, 4.69) is 15.3 Å². The SMILES string of the molecule is O=C(Cc1nc(-c2c[nH]c(C(=O)N3CCCC3)c2)cs1)NCc1ccco1. The molecule has 2 N–H and O–H groups in total. The summed E-state index contributed by atoms with van der Waals surface area (Å²) in [6.45, 7) is 2.01. The zero-order valence-corrected chi connectivity index (χ0v) is 15.6. The number of rotatable bonds is 6. The Kier molecular flexibility index (Phi) is 5.06. The van der Waals surface area contributed by atoms with Crippen molar-refractivity contribution in [2.45, 2.75) is 25.8 Å². The monoisotopic (exact) mass is 384 g/mol. The number of hydrogen-bond donors (Lipinski definition) is 2. The lowest BCUT2D eigenvalue weighted by molar-refractivity contribution is -0.120. The fourth-order valence-corrected chi connectivity index (χ4v) is 3.88. The van der Waals surface area contributed by atoms with Gasteiger partial charge in [-0.1, -0.05) is 0 Å². The molecule has 4 heterocycles. The lowest BCUT2D eigenvalue weighted by Gasteiger charge is -2.13. The molecule has 140 valence electrons. The van der Waals surface area contributed by atoms with Crippen LogP contribution in [0.3, 0.4) is 0 Å². The van der Waals surface area contributed by atoms with Crippen LogP contribution in [0.15, 0.2) is 40.5 Å². The Hall–Kier alpha value is -2.87. The van der Waals surface area contributed by atoms with Crippen LogP contribution in [0.2, 0.25) is 0 Å². The van der Waals surface area contributed by atoms with Crippen molar-refractivity contribution in [2.24, 2.45) is 0 Å². The number of aromatic nitrogens is 2. The standard InChI is InChI=1S/C19H20N4O3S/c24-17(21-11-14-4-3-7-26-14)9-18-22-16(12-27-18)13-8-15(20-10-13)19(25)23-5-1-2-6-23/h3-4,7-8,10,12,20H,1-2,5-6,9,11H2,(H,21,24). The van der Waals surface area contributed by atoms with Gasteiger partial charge in [0.25, 0.3) is 5.91 Å². The van der Waals surface area contributed by atoms with Gasteiger partial charge in [-0.25, -0.2) is 4.98 Å². The highest BCUT2D eigenvalue weighted by atomic mass is 32.1. The molecule has 7 nitrogen and oxygen atoms in total. The van der Waals surface area contributed by atoms with Gasteiger partial charge in [-0.15, -0.1) is 11.3 Å². The zero-order chi connectivity index (χ0) is 18.6. The van der Waals surface area contributed by atoms with Gasteiger partial charge in [0.15, 0.2) is 0 Å². The summed E-state index contributed by atoms with van der Waals surface area (Å²) in [7, 11) is 0. The van der Waals surface area contributed by atoms with E-state index < -0.39 is 0 Å². The maximum absolute atomic E-state index is 12.4. The third-order valence-corrected chi connectivity index (χ3v) is 5.35. The number of amides is 2. The molecule has 0 unspecified atom stereocenters. The van der Waals surface area contributed by atoms with E-state index in [-0.39, 0.29) is 18.2 Å². The van der Waals surface area contributed by atoms with Crippen LogP contribution in [-0.2, 0) is 17.8 Å². The van der Waals surface area contributed by atoms with E-state index in [0.717, 1.165) is 42.2 Å². The highest BCUT2D eigenvalue weighted by Crippen LogP contribution is 2.24. The molecule has 0 radical (unpaired) electrons. The van der Waals surface area contributed by atoms with Gasteiger partial charge in [0.05, 0.1) is 24.9 Å². The van der Waals surface area contributed by atoms with E-state index in [9.17, 15) is 9.59 Å². The van der Waals surface area contributed by atoms with Gasteiger partial charge in [-0.2, -0.15) is 0 Å². The van der Waals surface area contributed by atoms with Crippen LogP contribution in [-0.4, -0.2) is 39.8 Å². The van der Waals surface area contributed by atoms with Crippen LogP contribution < -0.4 is 5.32 Å². The zero-order valence-electron chi connectivity index (χ0n) is 14.7. The van der Waals surface area contributed by atoms with Crippen LogP contribution >= 0.6 is 11.3 Å². The molecule has 4 rings (SSSR count). The first-order valence-corrected chi connectivity index (χ1v) is 9.78. The van der Waals surface area contributed by atoms with Gasteiger partial charge < -0.3 is 19.6 Å². The van der Waals surface area contributed by atoms with Crippen LogP contribution in [0.1, 0.15) is 34.1 Å². The van der Waals surface area contributed by atoms with Crippen molar-refractivity contribution in [1.82, 2.24) is 20.2 Å². The summed E-state index contributed by atoms with van der Waals surface area (Å²) in [5.41, 5.74) is 2.21. The van der Waals surface area contributed by atoms with Crippen molar-refractivity contribution >= 4 is 23.2 Å². The minimum atomic E-state index is -0.105. The van der Waals surface area contributed by atoms with Gasteiger partial charge in [0, 0.05) is 30.2 Å². The second-order valence-corrected chi connectivity index (χ2v) is 7.40. The normalized spacial score (nSPS) is 13.9. The summed E-state index contributed by atoms with van der Waals surface area (Å²) >= 11 is 1.43. The van der Waals surface area contributed by atoms with Gasteiger partial charge >= 0.3 is 0 Å². The fourth-order valence-electron chi connectivity index (χ4n) is 3.08. The fraction of sp³-hybridized carbons (Fsp3) is 0.316. The Morgan fingerprint density at radius 3 is 2.96 bits per heavy atom. The minimum absolute atomic E-state index is 0.0338. The van der Waals surface area contributed by atoms with Crippen LogP contribution in [0.25, 0.3) is 11.3 Å². The predicted octanol–water partition coefficient (Wildman–Crippen LogP) is 2.83. The van der Waals surface area contributed by atoms with E-state index in [1.807, 2.05) is 22.4 Å². The lowest BCUT2D eigenvalue weighted by Crippen LogP contribution is -2.27. The first-order chi connectivity index (χ1) is 13.2. The molecule has 0 aromatic carbocycles. The maximum atomic E-state index is 12.4. The van der Waals surface area contributed by atoms with Crippen molar-refractivity contribution in [3.63, 3.8) is 0 Å². The molecular weight excluding hydrogens is 364 g/mol. The highest BCUT2D eigenvalue weighted by Gasteiger charge is 2.21. The minimum Gasteiger partial charge on any atom is -0.467 e. The van der Waals surface area contributed by atoms with Crippen molar-refractivity contribution in [3.8, 4) is 11.3 Å². The van der Waals surface area contributed by atoms with Gasteiger partial charge in [0.1, 0.15) is 16.5 Å². The maximum Gasteiger partial charge on any atom is 0.270 e. The van der Waals surface area contributed by atoms with Crippen LogP contribution in [0.4, 0.5) is 0 Å². The summed E-state index contributed by atoms with van der Waals surface area (Å²) in [4.78, 5) is 33.9. The summed E-state index contributed by atoms with van der Waals surface area (Å²) in [6.07, 6.45) is 5.72. The molecule has 0 aliphatic carbocycles. The number of furan rings is 1. The average molecular weight is 384 g/mol. The van der Waals surface area contributed by atoms with Gasteiger partial charge in [-0.05, 0) is 31.0 Å². The number of likely N-dealkylation sites (tertiary alicyclic amines) is 1. The molecule has 2 amide bonds. The molecule has 1 saturated heterocycles. The largest absolute Gasteiger partial charge is 0.467 e. The van der Waals surface area contributed by atoms with E-state index in [0.29, 0.717) is 18.0 Å². The summed E-state index contributed by atoms with van der Waals surface area (Å²) in [5.74, 6) is 0.642. The van der Waals surface area contributed by atoms with Crippen LogP contribution in [0, 0.1) is 0 Å². The second-order valence-electron chi connectivity index (χ2n) is 6.46. The van der Waals surface area contributed by atoms with Gasteiger partial charge in [0.2, 0.25) is 5.91 Å². The van der Waals surface area contributed by atoms with Crippen molar-refractivity contribution in [2.75, 3.05) is 13.1 Å². The number of carbonyl (C=O) groups excluding carboxylic acids is 2. The summed E-state index contributed by atoms with van der Waals surface area (Å²) < 4.78 is 5.19. The second kappa shape index (κ2) is 7.79. The number of aromatic amines is 1. The van der Waals surface area contributed by atoms with E-state index in [1.165, 1.54) is 11.3 Å². The first kappa shape index (κ1) is 17.5. The predicted molar refractivity (Wildman–Crippen MR) is 101 cm³/mol. The lowest BCUT2D eigenvalue weighted by atomic mass is 10.2. The molecular formula is C19H20N4O3S. The third-order valence-electron chi connectivity index (χ3n) is 4.51. The molecule has 27 heavy (non-hydrogen) atoms. The number of hydrogen-bond acceptors (Lipinski definition) is 5. The topological polar surface area (TPSA) is 91.2 Å². The quantitative estimate of drug-likeness (QED) is 0.684. The molecule has 0 atom stereocenters. The van der Waals surface area contributed by atoms with Gasteiger partial charge in [-0.3, -0.25) is 9.59 Å². The summed E-state index contributed by atoms with van der Waals surface area (Å²) in [6, 6.07) is 5.43. The molecule has 3 aromatic rings. The van der Waals surface area contributed by atoms with Crippen LogP contribution in [0.5, 0.6) is 0 Å². The molecule has 0 saturated carbocycles. The molecule has 0 spiro atoms. The molecule has 3 aromatic heterocycles. The molecule has 8 heteroatoms. The number of nitrogens with one attached hydrogen (secondary N) is 2. The summed E-state index contributed by atoms with van der Waals surface area (Å²) in [5, 5.41) is 5.45. The van der Waals surface area contributed by atoms with E-state index in [4.69, 9.17) is 4.42 Å². The number of carbonyl (C=O) groups is 2. The molecule has 1 fully saturated rings. The third kappa shape index (κ3) is 4.11. The number of thiazole rings is 1. The smallest absolute Gasteiger partial charge is 0.270 e. The average Bonchev–Trinajstić information content (AvgIpc) is 3.47. The Balaban J connectivity index is 1.36.